The third-order valence-electron chi connectivity index (χ3n) is 3.44. The summed E-state index contributed by atoms with van der Waals surface area (Å²) in [6.45, 7) is 8.38. The summed E-state index contributed by atoms with van der Waals surface area (Å²) in [6.07, 6.45) is 5.06. The van der Waals surface area contributed by atoms with Crippen LogP contribution in [0.5, 0.6) is 0 Å². The van der Waals surface area contributed by atoms with Gasteiger partial charge in [-0.2, -0.15) is 0 Å². The Morgan fingerprint density at radius 2 is 2.07 bits per heavy atom. The lowest BCUT2D eigenvalue weighted by Crippen LogP contribution is -2.44. The summed E-state index contributed by atoms with van der Waals surface area (Å²) < 4.78 is 0. The summed E-state index contributed by atoms with van der Waals surface area (Å²) in [4.78, 5) is 4.97. The number of rotatable bonds is 2. The molecule has 3 heteroatoms. The first kappa shape index (κ1) is 11.1. The molecule has 2 rings (SSSR count). The smallest absolute Gasteiger partial charge is 0.0167 e. The van der Waals surface area contributed by atoms with Crippen molar-refractivity contribution >= 4 is 0 Å². The van der Waals surface area contributed by atoms with Crippen molar-refractivity contribution in [2.75, 3.05) is 52.9 Å². The van der Waals surface area contributed by atoms with E-state index in [-0.39, 0.29) is 0 Å². The minimum Gasteiger partial charge on any atom is -0.313 e. The second-order valence-electron chi connectivity index (χ2n) is 4.75. The number of nitrogens with zero attached hydrogens (tertiary/aromatic N) is 2. The SMILES string of the molecule is CN1CCN(C/C=C2\CCCNC2)CC1. The average molecular weight is 209 g/mol. The van der Waals surface area contributed by atoms with Crippen LogP contribution in [0.15, 0.2) is 11.6 Å². The van der Waals surface area contributed by atoms with Crippen LogP contribution >= 0.6 is 0 Å². The lowest BCUT2D eigenvalue weighted by molar-refractivity contribution is 0.166. The van der Waals surface area contributed by atoms with Crippen LogP contribution in [0.3, 0.4) is 0 Å². The van der Waals surface area contributed by atoms with Gasteiger partial charge in [-0.25, -0.2) is 0 Å². The minimum atomic E-state index is 1.12. The van der Waals surface area contributed by atoms with Crippen molar-refractivity contribution in [3.05, 3.63) is 11.6 Å². The molecule has 0 aliphatic carbocycles. The maximum absolute atomic E-state index is 3.43. The van der Waals surface area contributed by atoms with Gasteiger partial charge in [0.05, 0.1) is 0 Å². The van der Waals surface area contributed by atoms with Gasteiger partial charge in [-0.05, 0) is 26.4 Å². The molecule has 2 aliphatic heterocycles. The second kappa shape index (κ2) is 5.64. The van der Waals surface area contributed by atoms with Crippen LogP contribution in [0.25, 0.3) is 0 Å². The molecule has 3 nitrogen and oxygen atoms in total. The lowest BCUT2D eigenvalue weighted by atomic mass is 10.1. The van der Waals surface area contributed by atoms with E-state index in [9.17, 15) is 0 Å². The van der Waals surface area contributed by atoms with Gasteiger partial charge in [-0.15, -0.1) is 0 Å². The quantitative estimate of drug-likeness (QED) is 0.670. The molecule has 15 heavy (non-hydrogen) atoms. The largest absolute Gasteiger partial charge is 0.313 e. The van der Waals surface area contributed by atoms with Crippen LogP contribution < -0.4 is 5.32 Å². The predicted molar refractivity (Wildman–Crippen MR) is 64.1 cm³/mol. The van der Waals surface area contributed by atoms with E-state index in [0.29, 0.717) is 0 Å². The fourth-order valence-electron chi connectivity index (χ4n) is 2.24. The fraction of sp³-hybridized carbons (Fsp3) is 0.833. The molecule has 2 saturated heterocycles. The molecule has 0 saturated carbocycles. The highest BCUT2D eigenvalue weighted by Gasteiger charge is 2.12. The highest BCUT2D eigenvalue weighted by Crippen LogP contribution is 2.09. The summed E-state index contributed by atoms with van der Waals surface area (Å²) in [5, 5.41) is 3.43. The molecule has 0 spiro atoms. The van der Waals surface area contributed by atoms with E-state index in [4.69, 9.17) is 0 Å². The van der Waals surface area contributed by atoms with Gasteiger partial charge >= 0.3 is 0 Å². The maximum atomic E-state index is 3.43. The minimum absolute atomic E-state index is 1.12. The van der Waals surface area contributed by atoms with Crippen LogP contribution in [0.4, 0.5) is 0 Å². The summed E-state index contributed by atoms with van der Waals surface area (Å²) in [6, 6.07) is 0. The summed E-state index contributed by atoms with van der Waals surface area (Å²) in [7, 11) is 2.21. The molecule has 0 radical (unpaired) electrons. The van der Waals surface area contributed by atoms with Gasteiger partial charge in [0.15, 0.2) is 0 Å². The summed E-state index contributed by atoms with van der Waals surface area (Å²) in [5.41, 5.74) is 1.61. The molecule has 0 aromatic heterocycles. The first-order valence-corrected chi connectivity index (χ1v) is 6.14. The number of nitrogens with one attached hydrogen (secondary N) is 1. The molecule has 2 heterocycles. The van der Waals surface area contributed by atoms with Gasteiger partial charge in [0.2, 0.25) is 0 Å². The molecular weight excluding hydrogens is 186 g/mol. The van der Waals surface area contributed by atoms with Crippen molar-refractivity contribution in [3.8, 4) is 0 Å². The molecule has 2 fully saturated rings. The molecule has 2 aliphatic rings. The zero-order valence-corrected chi connectivity index (χ0v) is 9.84. The number of likely N-dealkylation sites (N-methyl/N-ethyl adjacent to an activating group) is 1. The highest BCUT2D eigenvalue weighted by molar-refractivity contribution is 5.07. The zero-order valence-electron chi connectivity index (χ0n) is 9.84. The van der Waals surface area contributed by atoms with Crippen LogP contribution in [0, 0.1) is 0 Å². The van der Waals surface area contributed by atoms with E-state index in [0.717, 1.165) is 13.1 Å². The monoisotopic (exact) mass is 209 g/mol. The van der Waals surface area contributed by atoms with Gasteiger partial charge in [-0.1, -0.05) is 11.6 Å². The van der Waals surface area contributed by atoms with Crippen molar-refractivity contribution in [2.45, 2.75) is 12.8 Å². The van der Waals surface area contributed by atoms with Crippen molar-refractivity contribution in [1.29, 1.82) is 0 Å². The molecule has 0 unspecified atom stereocenters. The molecular formula is C12H23N3. The Hall–Kier alpha value is -0.380. The van der Waals surface area contributed by atoms with Gasteiger partial charge in [0, 0.05) is 39.3 Å². The molecule has 0 aromatic rings. The third kappa shape index (κ3) is 3.59. The van der Waals surface area contributed by atoms with Crippen LogP contribution in [-0.2, 0) is 0 Å². The lowest BCUT2D eigenvalue weighted by Gasteiger charge is -2.31. The maximum Gasteiger partial charge on any atom is 0.0167 e. The first-order chi connectivity index (χ1) is 7.34. The number of hydrogen-bond acceptors (Lipinski definition) is 3. The standard InChI is InChI=1S/C12H23N3/c1-14-7-9-15(10-8-14)6-4-12-3-2-5-13-11-12/h4,13H,2-3,5-11H2,1H3/b12-4+. The van der Waals surface area contributed by atoms with E-state index in [1.54, 1.807) is 5.57 Å². The fourth-order valence-corrected chi connectivity index (χ4v) is 2.24. The normalized spacial score (nSPS) is 28.5. The van der Waals surface area contributed by atoms with E-state index >= 15 is 0 Å². The number of piperazine rings is 1. The average Bonchev–Trinajstić information content (AvgIpc) is 2.30. The predicted octanol–water partition coefficient (Wildman–Crippen LogP) is 0.544. The number of hydrogen-bond donors (Lipinski definition) is 1. The Morgan fingerprint density at radius 3 is 2.73 bits per heavy atom. The second-order valence-corrected chi connectivity index (χ2v) is 4.75. The van der Waals surface area contributed by atoms with E-state index in [2.05, 4.69) is 28.2 Å². The Kier molecular flexibility index (Phi) is 4.18. The van der Waals surface area contributed by atoms with Crippen molar-refractivity contribution in [3.63, 3.8) is 0 Å². The highest BCUT2D eigenvalue weighted by atomic mass is 15.2. The first-order valence-electron chi connectivity index (χ1n) is 6.14. The van der Waals surface area contributed by atoms with Crippen LogP contribution in [0.1, 0.15) is 12.8 Å². The molecule has 0 bridgehead atoms. The Labute approximate surface area is 93.1 Å². The Balaban J connectivity index is 1.72. The van der Waals surface area contributed by atoms with Crippen molar-refractivity contribution in [2.24, 2.45) is 0 Å². The summed E-state index contributed by atoms with van der Waals surface area (Å²) in [5.74, 6) is 0. The number of piperidine rings is 1. The third-order valence-corrected chi connectivity index (χ3v) is 3.44. The van der Waals surface area contributed by atoms with Crippen molar-refractivity contribution < 1.29 is 0 Å². The molecule has 0 aromatic carbocycles. The molecule has 86 valence electrons. The zero-order chi connectivity index (χ0) is 10.5. The Bertz CT molecular complexity index is 209. The molecule has 0 atom stereocenters. The van der Waals surface area contributed by atoms with E-state index in [1.165, 1.54) is 45.6 Å². The van der Waals surface area contributed by atoms with Gasteiger partial charge in [0.25, 0.3) is 0 Å². The van der Waals surface area contributed by atoms with Crippen LogP contribution in [-0.4, -0.2) is 62.7 Å². The van der Waals surface area contributed by atoms with Crippen molar-refractivity contribution in [1.82, 2.24) is 15.1 Å². The summed E-state index contributed by atoms with van der Waals surface area (Å²) >= 11 is 0. The van der Waals surface area contributed by atoms with Crippen LogP contribution in [0.2, 0.25) is 0 Å². The Morgan fingerprint density at radius 1 is 1.27 bits per heavy atom. The van der Waals surface area contributed by atoms with Gasteiger partial charge in [0.1, 0.15) is 0 Å². The van der Waals surface area contributed by atoms with Gasteiger partial charge < -0.3 is 10.2 Å². The molecule has 1 N–H and O–H groups in total. The van der Waals surface area contributed by atoms with Gasteiger partial charge in [-0.3, -0.25) is 4.90 Å². The topological polar surface area (TPSA) is 18.5 Å². The van der Waals surface area contributed by atoms with E-state index in [1.807, 2.05) is 0 Å². The van der Waals surface area contributed by atoms with E-state index < -0.39 is 0 Å². The molecule has 0 amide bonds.